The molecule has 1 N–H and O–H groups in total. The van der Waals surface area contributed by atoms with Gasteiger partial charge < -0.3 is 15.1 Å². The molecule has 4 nitrogen and oxygen atoms in total. The molecule has 0 aromatic carbocycles. The molecule has 0 aromatic rings. The van der Waals surface area contributed by atoms with Gasteiger partial charge in [-0.25, -0.2) is 0 Å². The number of nitrogens with one attached hydrogen (secondary N) is 1. The molecule has 1 unspecified atom stereocenters. The molecule has 21 heavy (non-hydrogen) atoms. The van der Waals surface area contributed by atoms with Crippen molar-refractivity contribution in [2.45, 2.75) is 44.6 Å². The summed E-state index contributed by atoms with van der Waals surface area (Å²) in [5, 5.41) is 3.46. The van der Waals surface area contributed by atoms with Gasteiger partial charge >= 0.3 is 0 Å². The molecule has 0 aliphatic carbocycles. The molecule has 1 atom stereocenters. The molecule has 2 saturated heterocycles. The molecule has 2 rings (SSSR count). The number of piperidine rings is 1. The predicted molar refractivity (Wildman–Crippen MR) is 92.6 cm³/mol. The largest absolute Gasteiger partial charge is 0.341 e. The minimum Gasteiger partial charge on any atom is -0.341 e. The smallest absolute Gasteiger partial charge is 0.242 e. The number of carbonyl (C=O) groups is 1. The summed E-state index contributed by atoms with van der Waals surface area (Å²) in [5.74, 6) is 1.11. The van der Waals surface area contributed by atoms with Crippen LogP contribution in [0.3, 0.4) is 0 Å². The zero-order chi connectivity index (χ0) is 13.9. The van der Waals surface area contributed by atoms with E-state index in [4.69, 9.17) is 0 Å². The van der Waals surface area contributed by atoms with Crippen molar-refractivity contribution in [2.24, 2.45) is 5.92 Å². The maximum absolute atomic E-state index is 12.7. The van der Waals surface area contributed by atoms with E-state index in [-0.39, 0.29) is 30.4 Å². The molecule has 2 aliphatic rings. The van der Waals surface area contributed by atoms with Gasteiger partial charge in [-0.2, -0.15) is 0 Å². The Hall–Kier alpha value is -0.0300. The Morgan fingerprint density at radius 1 is 1.29 bits per heavy atom. The molecular weight excluding hydrogens is 309 g/mol. The van der Waals surface area contributed by atoms with Crippen molar-refractivity contribution in [2.75, 3.05) is 40.3 Å². The molecule has 2 heterocycles. The standard InChI is InChI=1S/C15H29N3O.2ClH/c1-4-15(8-5-9-16-15)14(19)18-10-6-13(7-11-18)12-17(2)3;;/h13,16H,4-12H2,1-3H3;2*1H. The average molecular weight is 340 g/mol. The highest BCUT2D eigenvalue weighted by Gasteiger charge is 2.42. The molecule has 0 saturated carbocycles. The summed E-state index contributed by atoms with van der Waals surface area (Å²) in [6.45, 7) is 6.17. The van der Waals surface area contributed by atoms with E-state index in [0.717, 1.165) is 64.2 Å². The van der Waals surface area contributed by atoms with E-state index in [9.17, 15) is 4.79 Å². The summed E-state index contributed by atoms with van der Waals surface area (Å²) in [6.07, 6.45) is 5.38. The van der Waals surface area contributed by atoms with E-state index in [1.165, 1.54) is 0 Å². The van der Waals surface area contributed by atoms with Crippen LogP contribution in [0.4, 0.5) is 0 Å². The summed E-state index contributed by atoms with van der Waals surface area (Å²) in [4.78, 5) is 17.1. The molecule has 0 radical (unpaired) electrons. The molecular formula is C15H31Cl2N3O. The van der Waals surface area contributed by atoms with Crippen LogP contribution in [0.5, 0.6) is 0 Å². The first-order valence-corrected chi connectivity index (χ1v) is 7.76. The third-order valence-corrected chi connectivity index (χ3v) is 4.78. The SMILES string of the molecule is CCC1(C(=O)N2CCC(CN(C)C)CC2)CCCN1.Cl.Cl. The molecule has 2 fully saturated rings. The number of halogens is 2. The molecule has 6 heteroatoms. The monoisotopic (exact) mass is 339 g/mol. The second-order valence-electron chi connectivity index (χ2n) is 6.46. The van der Waals surface area contributed by atoms with Crippen molar-refractivity contribution in [1.29, 1.82) is 0 Å². The lowest BCUT2D eigenvalue weighted by molar-refractivity contribution is -0.139. The van der Waals surface area contributed by atoms with E-state index in [1.54, 1.807) is 0 Å². The zero-order valence-electron chi connectivity index (χ0n) is 13.6. The van der Waals surface area contributed by atoms with Gasteiger partial charge in [-0.15, -0.1) is 24.8 Å². The fourth-order valence-corrected chi connectivity index (χ4v) is 3.58. The number of nitrogens with zero attached hydrogens (tertiary/aromatic N) is 2. The molecule has 0 spiro atoms. The van der Waals surface area contributed by atoms with Crippen LogP contribution in [-0.4, -0.2) is 61.5 Å². The normalized spacial score (nSPS) is 26.4. The maximum Gasteiger partial charge on any atom is 0.242 e. The Morgan fingerprint density at radius 3 is 2.33 bits per heavy atom. The first kappa shape index (κ1) is 21.0. The van der Waals surface area contributed by atoms with Crippen LogP contribution in [0.25, 0.3) is 0 Å². The van der Waals surface area contributed by atoms with Crippen molar-refractivity contribution >= 4 is 30.7 Å². The third-order valence-electron chi connectivity index (χ3n) is 4.78. The number of hydrogen-bond acceptors (Lipinski definition) is 3. The summed E-state index contributed by atoms with van der Waals surface area (Å²) in [7, 11) is 4.26. The lowest BCUT2D eigenvalue weighted by Gasteiger charge is -2.38. The van der Waals surface area contributed by atoms with Gasteiger partial charge in [-0.3, -0.25) is 4.79 Å². The van der Waals surface area contributed by atoms with Crippen molar-refractivity contribution in [3.05, 3.63) is 0 Å². The highest BCUT2D eigenvalue weighted by atomic mass is 35.5. The van der Waals surface area contributed by atoms with Crippen molar-refractivity contribution < 1.29 is 4.79 Å². The van der Waals surface area contributed by atoms with Gasteiger partial charge in [0.15, 0.2) is 0 Å². The third kappa shape index (κ3) is 4.98. The van der Waals surface area contributed by atoms with E-state index in [0.29, 0.717) is 5.91 Å². The fraction of sp³-hybridized carbons (Fsp3) is 0.933. The second kappa shape index (κ2) is 9.19. The van der Waals surface area contributed by atoms with Crippen molar-refractivity contribution in [3.63, 3.8) is 0 Å². The summed E-state index contributed by atoms with van der Waals surface area (Å²) in [5.41, 5.74) is -0.242. The van der Waals surface area contributed by atoms with Crippen molar-refractivity contribution in [3.8, 4) is 0 Å². The summed E-state index contributed by atoms with van der Waals surface area (Å²) >= 11 is 0. The number of amides is 1. The van der Waals surface area contributed by atoms with E-state index in [1.807, 2.05) is 0 Å². The first-order valence-electron chi connectivity index (χ1n) is 7.76. The predicted octanol–water partition coefficient (Wildman–Crippen LogP) is 2.16. The van der Waals surface area contributed by atoms with Crippen LogP contribution in [0.15, 0.2) is 0 Å². The maximum atomic E-state index is 12.7. The van der Waals surface area contributed by atoms with Gasteiger partial charge in [-0.05, 0) is 58.7 Å². The molecule has 2 aliphatic heterocycles. The van der Waals surface area contributed by atoms with Crippen LogP contribution < -0.4 is 5.32 Å². The molecule has 0 aromatic heterocycles. The van der Waals surface area contributed by atoms with Crippen LogP contribution in [0.1, 0.15) is 39.0 Å². The molecule has 1 amide bonds. The van der Waals surface area contributed by atoms with Gasteiger partial charge in [0, 0.05) is 19.6 Å². The fourth-order valence-electron chi connectivity index (χ4n) is 3.58. The minimum absolute atomic E-state index is 0. The van der Waals surface area contributed by atoms with Crippen LogP contribution in [0, 0.1) is 5.92 Å². The second-order valence-corrected chi connectivity index (χ2v) is 6.46. The zero-order valence-corrected chi connectivity index (χ0v) is 15.2. The van der Waals surface area contributed by atoms with Crippen LogP contribution in [-0.2, 0) is 4.79 Å². The highest BCUT2D eigenvalue weighted by molar-refractivity contribution is 5.87. The van der Waals surface area contributed by atoms with Gasteiger partial charge in [0.2, 0.25) is 5.91 Å². The average Bonchev–Trinajstić information content (AvgIpc) is 2.88. The van der Waals surface area contributed by atoms with Gasteiger partial charge in [0.05, 0.1) is 5.54 Å². The van der Waals surface area contributed by atoms with Crippen LogP contribution in [0.2, 0.25) is 0 Å². The Labute approximate surface area is 141 Å². The highest BCUT2D eigenvalue weighted by Crippen LogP contribution is 2.28. The number of carbonyl (C=O) groups excluding carboxylic acids is 1. The lowest BCUT2D eigenvalue weighted by Crippen LogP contribution is -2.56. The van der Waals surface area contributed by atoms with E-state index >= 15 is 0 Å². The molecule has 0 bridgehead atoms. The van der Waals surface area contributed by atoms with E-state index < -0.39 is 0 Å². The molecule has 126 valence electrons. The van der Waals surface area contributed by atoms with Gasteiger partial charge in [0.1, 0.15) is 0 Å². The number of rotatable bonds is 4. The van der Waals surface area contributed by atoms with Gasteiger partial charge in [-0.1, -0.05) is 6.92 Å². The Bertz CT molecular complexity index is 312. The summed E-state index contributed by atoms with van der Waals surface area (Å²) < 4.78 is 0. The topological polar surface area (TPSA) is 35.6 Å². The Kier molecular flexibility index (Phi) is 9.17. The quantitative estimate of drug-likeness (QED) is 0.852. The Balaban J connectivity index is 0.00000200. The lowest BCUT2D eigenvalue weighted by atomic mass is 9.89. The van der Waals surface area contributed by atoms with E-state index in [2.05, 4.69) is 36.1 Å². The van der Waals surface area contributed by atoms with Crippen LogP contribution >= 0.6 is 24.8 Å². The minimum atomic E-state index is -0.242. The van der Waals surface area contributed by atoms with Crippen molar-refractivity contribution in [1.82, 2.24) is 15.1 Å². The number of likely N-dealkylation sites (tertiary alicyclic amines) is 1. The van der Waals surface area contributed by atoms with Gasteiger partial charge in [0.25, 0.3) is 0 Å². The summed E-state index contributed by atoms with van der Waals surface area (Å²) in [6, 6.07) is 0. The number of hydrogen-bond donors (Lipinski definition) is 1. The first-order chi connectivity index (χ1) is 9.07. The Morgan fingerprint density at radius 2 is 1.90 bits per heavy atom.